The van der Waals surface area contributed by atoms with Gasteiger partial charge in [-0.3, -0.25) is 4.79 Å². The number of carbonyl (C=O) groups excluding carboxylic acids is 1. The van der Waals surface area contributed by atoms with Crippen molar-refractivity contribution in [2.45, 2.75) is 33.1 Å². The van der Waals surface area contributed by atoms with Crippen LogP contribution in [0.3, 0.4) is 0 Å². The van der Waals surface area contributed by atoms with Gasteiger partial charge in [0, 0.05) is 5.92 Å². The molecule has 0 bridgehead atoms. The molecule has 0 fully saturated rings. The average Bonchev–Trinajstić information content (AvgIpc) is 2.10. The quantitative estimate of drug-likeness (QED) is 0.341. The lowest BCUT2D eigenvalue weighted by Gasteiger charge is -2.15. The van der Waals surface area contributed by atoms with Crippen LogP contribution in [0.15, 0.2) is 36.5 Å². The molecule has 0 aliphatic heterocycles. The summed E-state index contributed by atoms with van der Waals surface area (Å²) < 4.78 is 0. The molecule has 1 heteroatoms. The minimum absolute atomic E-state index is 0.145. The van der Waals surface area contributed by atoms with Gasteiger partial charge in [-0.1, -0.05) is 24.3 Å². The molecule has 0 aromatic heterocycles. The van der Waals surface area contributed by atoms with Crippen LogP contribution in [-0.4, -0.2) is 6.29 Å². The van der Waals surface area contributed by atoms with Gasteiger partial charge >= 0.3 is 0 Å². The van der Waals surface area contributed by atoms with Gasteiger partial charge in [-0.2, -0.15) is 0 Å². The van der Waals surface area contributed by atoms with Crippen molar-refractivity contribution in [2.24, 2.45) is 5.92 Å². The third-order valence-corrected chi connectivity index (χ3v) is 2.29. The van der Waals surface area contributed by atoms with Gasteiger partial charge in [0.1, 0.15) is 6.29 Å². The fourth-order valence-electron chi connectivity index (χ4n) is 1.44. The first kappa shape index (κ1) is 12.9. The summed E-state index contributed by atoms with van der Waals surface area (Å²) in [6.07, 6.45) is 3.83. The molecular formula is C13H20O. The number of hydrogen-bond acceptors (Lipinski definition) is 1. The van der Waals surface area contributed by atoms with Crippen LogP contribution in [0.5, 0.6) is 0 Å². The van der Waals surface area contributed by atoms with Crippen molar-refractivity contribution in [1.29, 1.82) is 0 Å². The first-order valence-corrected chi connectivity index (χ1v) is 4.92. The van der Waals surface area contributed by atoms with Gasteiger partial charge in [-0.05, 0) is 38.7 Å². The van der Waals surface area contributed by atoms with Crippen LogP contribution in [0, 0.1) is 5.92 Å². The Morgan fingerprint density at radius 1 is 1.29 bits per heavy atom. The molecule has 0 saturated carbocycles. The maximum absolute atomic E-state index is 10.6. The fraction of sp³-hybridized carbons (Fsp3) is 0.462. The fourth-order valence-corrected chi connectivity index (χ4v) is 1.44. The first-order valence-electron chi connectivity index (χ1n) is 4.92. The van der Waals surface area contributed by atoms with Crippen LogP contribution in [0.2, 0.25) is 0 Å². The largest absolute Gasteiger partial charge is 0.298 e. The normalized spacial score (nSPS) is 11.9. The monoisotopic (exact) mass is 192 g/mol. The molecule has 0 aliphatic carbocycles. The van der Waals surface area contributed by atoms with Crippen molar-refractivity contribution in [1.82, 2.24) is 0 Å². The van der Waals surface area contributed by atoms with Gasteiger partial charge in [-0.25, -0.2) is 0 Å². The molecule has 1 nitrogen and oxygen atoms in total. The van der Waals surface area contributed by atoms with Gasteiger partial charge < -0.3 is 0 Å². The lowest BCUT2D eigenvalue weighted by molar-refractivity contribution is -0.105. The lowest BCUT2D eigenvalue weighted by Crippen LogP contribution is -2.05. The Hall–Kier alpha value is -1.11. The van der Waals surface area contributed by atoms with Crippen molar-refractivity contribution in [2.75, 3.05) is 0 Å². The van der Waals surface area contributed by atoms with E-state index in [2.05, 4.69) is 19.7 Å². The average molecular weight is 192 g/mol. The van der Waals surface area contributed by atoms with Crippen LogP contribution >= 0.6 is 0 Å². The minimum atomic E-state index is 0.145. The van der Waals surface area contributed by atoms with Crippen LogP contribution < -0.4 is 0 Å². The van der Waals surface area contributed by atoms with Gasteiger partial charge in [-0.15, -0.1) is 6.58 Å². The molecule has 0 rings (SSSR count). The maximum atomic E-state index is 10.6. The molecule has 0 aromatic carbocycles. The highest BCUT2D eigenvalue weighted by molar-refractivity contribution is 5.73. The summed E-state index contributed by atoms with van der Waals surface area (Å²) in [6.45, 7) is 15.4. The summed E-state index contributed by atoms with van der Waals surface area (Å²) in [5, 5.41) is 0. The Labute approximate surface area is 87.2 Å². The van der Waals surface area contributed by atoms with E-state index in [4.69, 9.17) is 0 Å². The molecule has 0 aromatic rings. The molecule has 0 spiro atoms. The summed E-state index contributed by atoms with van der Waals surface area (Å²) >= 11 is 0. The number of rotatable bonds is 7. The summed E-state index contributed by atoms with van der Waals surface area (Å²) in [4.78, 5) is 10.6. The Morgan fingerprint density at radius 2 is 1.86 bits per heavy atom. The Morgan fingerprint density at radius 3 is 2.21 bits per heavy atom. The SMILES string of the molecule is C=C(C)CCCC(C(=C)C)C(=C)C=O. The van der Waals surface area contributed by atoms with E-state index in [0.717, 1.165) is 31.1 Å². The van der Waals surface area contributed by atoms with E-state index in [9.17, 15) is 4.79 Å². The summed E-state index contributed by atoms with van der Waals surface area (Å²) in [5.74, 6) is 0.145. The van der Waals surface area contributed by atoms with E-state index in [1.54, 1.807) is 0 Å². The standard InChI is InChI=1S/C13H20O/c1-10(2)7-6-8-13(11(3)4)12(5)9-14/h9,13H,1,3,5-8H2,2,4H3. The predicted molar refractivity (Wildman–Crippen MR) is 62.2 cm³/mol. The molecule has 0 heterocycles. The highest BCUT2D eigenvalue weighted by Gasteiger charge is 2.12. The van der Waals surface area contributed by atoms with Gasteiger partial charge in [0.25, 0.3) is 0 Å². The van der Waals surface area contributed by atoms with E-state index in [1.807, 2.05) is 13.8 Å². The second-order valence-electron chi connectivity index (χ2n) is 3.94. The molecule has 0 aliphatic rings. The molecule has 0 amide bonds. The van der Waals surface area contributed by atoms with Gasteiger partial charge in [0.05, 0.1) is 0 Å². The topological polar surface area (TPSA) is 17.1 Å². The molecule has 0 saturated heterocycles. The van der Waals surface area contributed by atoms with Crippen molar-refractivity contribution in [3.63, 3.8) is 0 Å². The van der Waals surface area contributed by atoms with E-state index >= 15 is 0 Å². The summed E-state index contributed by atoms with van der Waals surface area (Å²) in [7, 11) is 0. The van der Waals surface area contributed by atoms with Crippen molar-refractivity contribution >= 4 is 6.29 Å². The Bertz CT molecular complexity index is 248. The summed E-state index contributed by atoms with van der Waals surface area (Å²) in [6, 6.07) is 0. The van der Waals surface area contributed by atoms with E-state index in [1.165, 1.54) is 5.57 Å². The van der Waals surface area contributed by atoms with Crippen molar-refractivity contribution in [3.8, 4) is 0 Å². The molecule has 14 heavy (non-hydrogen) atoms. The van der Waals surface area contributed by atoms with Gasteiger partial charge in [0.15, 0.2) is 0 Å². The molecule has 1 atom stereocenters. The van der Waals surface area contributed by atoms with Crippen LogP contribution in [-0.2, 0) is 4.79 Å². The maximum Gasteiger partial charge on any atom is 0.146 e. The zero-order valence-electron chi connectivity index (χ0n) is 9.31. The number of aldehydes is 1. The van der Waals surface area contributed by atoms with Gasteiger partial charge in [0.2, 0.25) is 0 Å². The highest BCUT2D eigenvalue weighted by atomic mass is 16.1. The Balaban J connectivity index is 4.11. The van der Waals surface area contributed by atoms with Crippen molar-refractivity contribution < 1.29 is 4.79 Å². The zero-order chi connectivity index (χ0) is 11.1. The van der Waals surface area contributed by atoms with Crippen LogP contribution in [0.4, 0.5) is 0 Å². The summed E-state index contributed by atoms with van der Waals surface area (Å²) in [5.41, 5.74) is 2.84. The van der Waals surface area contributed by atoms with Crippen LogP contribution in [0.1, 0.15) is 33.1 Å². The second-order valence-corrected chi connectivity index (χ2v) is 3.94. The second kappa shape index (κ2) is 6.36. The van der Waals surface area contributed by atoms with E-state index in [-0.39, 0.29) is 5.92 Å². The minimum Gasteiger partial charge on any atom is -0.298 e. The molecule has 1 unspecified atom stereocenters. The zero-order valence-corrected chi connectivity index (χ0v) is 9.31. The predicted octanol–water partition coefficient (Wildman–Crippen LogP) is 3.68. The molecular weight excluding hydrogens is 172 g/mol. The smallest absolute Gasteiger partial charge is 0.146 e. The third-order valence-electron chi connectivity index (χ3n) is 2.29. The highest BCUT2D eigenvalue weighted by Crippen LogP contribution is 2.23. The molecule has 0 N–H and O–H groups in total. The third kappa shape index (κ3) is 4.80. The Kier molecular flexibility index (Phi) is 5.86. The number of carbonyl (C=O) groups is 1. The first-order chi connectivity index (χ1) is 6.49. The van der Waals surface area contributed by atoms with E-state index in [0.29, 0.717) is 5.57 Å². The van der Waals surface area contributed by atoms with E-state index < -0.39 is 0 Å². The van der Waals surface area contributed by atoms with Crippen molar-refractivity contribution in [3.05, 3.63) is 36.5 Å². The molecule has 0 radical (unpaired) electrons. The molecule has 78 valence electrons. The van der Waals surface area contributed by atoms with Crippen LogP contribution in [0.25, 0.3) is 0 Å². The number of hydrogen-bond donors (Lipinski definition) is 0. The number of allylic oxidation sites excluding steroid dienone is 3. The lowest BCUT2D eigenvalue weighted by atomic mass is 9.89.